The van der Waals surface area contributed by atoms with Crippen molar-refractivity contribution in [2.24, 2.45) is 5.92 Å². The second-order valence-electron chi connectivity index (χ2n) is 4.49. The average molecular weight is 240 g/mol. The van der Waals surface area contributed by atoms with Crippen molar-refractivity contribution in [2.75, 3.05) is 0 Å². The zero-order chi connectivity index (χ0) is 11.5. The summed E-state index contributed by atoms with van der Waals surface area (Å²) >= 11 is 1.26. The van der Waals surface area contributed by atoms with E-state index < -0.39 is 0 Å². The van der Waals surface area contributed by atoms with Gasteiger partial charge in [0.2, 0.25) is 0 Å². The normalized spacial score (nSPS) is 24.8. The van der Waals surface area contributed by atoms with Crippen LogP contribution in [-0.2, 0) is 6.54 Å². The van der Waals surface area contributed by atoms with Gasteiger partial charge in [0.25, 0.3) is 0 Å². The van der Waals surface area contributed by atoms with Crippen LogP contribution in [0, 0.1) is 16.0 Å². The average Bonchev–Trinajstić information content (AvgIpc) is 2.83. The molecule has 1 aliphatic rings. The van der Waals surface area contributed by atoms with Gasteiger partial charge in [-0.25, -0.2) is 0 Å². The highest BCUT2D eigenvalue weighted by Gasteiger charge is 2.20. The Morgan fingerprint density at radius 3 is 2.94 bits per heavy atom. The highest BCUT2D eigenvalue weighted by Crippen LogP contribution is 2.27. The third-order valence-corrected chi connectivity index (χ3v) is 4.12. The first kappa shape index (κ1) is 11.5. The van der Waals surface area contributed by atoms with E-state index >= 15 is 0 Å². The van der Waals surface area contributed by atoms with Crippen LogP contribution in [0.3, 0.4) is 0 Å². The molecule has 0 bridgehead atoms. The Labute approximate surface area is 98.8 Å². The van der Waals surface area contributed by atoms with E-state index in [1.165, 1.54) is 30.6 Å². The summed E-state index contributed by atoms with van der Waals surface area (Å²) < 4.78 is 0. The number of nitro groups is 1. The van der Waals surface area contributed by atoms with Gasteiger partial charge in [-0.1, -0.05) is 18.3 Å². The molecule has 2 atom stereocenters. The summed E-state index contributed by atoms with van der Waals surface area (Å²) in [4.78, 5) is 11.2. The van der Waals surface area contributed by atoms with E-state index in [1.54, 1.807) is 6.07 Å². The smallest absolute Gasteiger partial charge is 0.309 e. The summed E-state index contributed by atoms with van der Waals surface area (Å²) in [5, 5.41) is 14.2. The molecule has 4 nitrogen and oxygen atoms in total. The van der Waals surface area contributed by atoms with Gasteiger partial charge >= 0.3 is 5.00 Å². The molecule has 1 fully saturated rings. The molecule has 1 saturated carbocycles. The highest BCUT2D eigenvalue weighted by atomic mass is 32.1. The molecule has 5 heteroatoms. The van der Waals surface area contributed by atoms with Crippen molar-refractivity contribution in [3.8, 4) is 0 Å². The summed E-state index contributed by atoms with van der Waals surface area (Å²) in [6, 6.07) is 4.02. The van der Waals surface area contributed by atoms with Gasteiger partial charge in [0, 0.05) is 23.5 Å². The Hall–Kier alpha value is -0.940. The van der Waals surface area contributed by atoms with E-state index in [4.69, 9.17) is 0 Å². The fourth-order valence-electron chi connectivity index (χ4n) is 2.20. The number of nitrogens with one attached hydrogen (secondary N) is 1. The van der Waals surface area contributed by atoms with Gasteiger partial charge in [-0.2, -0.15) is 0 Å². The largest absolute Gasteiger partial charge is 0.324 e. The lowest BCUT2D eigenvalue weighted by molar-refractivity contribution is -0.380. The molecule has 0 aromatic carbocycles. The summed E-state index contributed by atoms with van der Waals surface area (Å²) in [6.07, 6.45) is 3.75. The van der Waals surface area contributed by atoms with Gasteiger partial charge in [-0.05, 0) is 31.2 Å². The third-order valence-electron chi connectivity index (χ3n) is 3.09. The first-order valence-corrected chi connectivity index (χ1v) is 6.43. The topological polar surface area (TPSA) is 55.2 Å². The van der Waals surface area contributed by atoms with E-state index in [1.807, 2.05) is 6.07 Å². The molecule has 1 N–H and O–H groups in total. The lowest BCUT2D eigenvalue weighted by Crippen LogP contribution is -2.25. The van der Waals surface area contributed by atoms with Crippen molar-refractivity contribution in [1.29, 1.82) is 0 Å². The zero-order valence-electron chi connectivity index (χ0n) is 9.31. The number of thiophene rings is 1. The van der Waals surface area contributed by atoms with Gasteiger partial charge < -0.3 is 5.32 Å². The van der Waals surface area contributed by atoms with Crippen molar-refractivity contribution in [1.82, 2.24) is 5.32 Å². The number of hydrogen-bond acceptors (Lipinski definition) is 4. The van der Waals surface area contributed by atoms with Crippen LogP contribution in [0.1, 0.15) is 31.1 Å². The monoisotopic (exact) mass is 240 g/mol. The minimum Gasteiger partial charge on any atom is -0.309 e. The molecule has 1 aromatic rings. The number of hydrogen-bond donors (Lipinski definition) is 1. The maximum absolute atomic E-state index is 10.5. The fourth-order valence-corrected chi connectivity index (χ4v) is 2.97. The van der Waals surface area contributed by atoms with Gasteiger partial charge in [-0.15, -0.1) is 0 Å². The van der Waals surface area contributed by atoms with Crippen LogP contribution >= 0.6 is 11.3 Å². The molecule has 0 radical (unpaired) electrons. The SMILES string of the molecule is CC1CCC(NCc2ccc([N+](=O)[O-])s2)C1. The van der Waals surface area contributed by atoms with E-state index in [9.17, 15) is 10.1 Å². The van der Waals surface area contributed by atoms with Crippen molar-refractivity contribution >= 4 is 16.3 Å². The summed E-state index contributed by atoms with van der Waals surface area (Å²) in [7, 11) is 0. The van der Waals surface area contributed by atoms with Gasteiger partial charge in [0.1, 0.15) is 0 Å². The van der Waals surface area contributed by atoms with Gasteiger partial charge in [0.15, 0.2) is 0 Å². The van der Waals surface area contributed by atoms with Crippen LogP contribution in [0.25, 0.3) is 0 Å². The molecular weight excluding hydrogens is 224 g/mol. The molecule has 2 unspecified atom stereocenters. The van der Waals surface area contributed by atoms with Crippen LogP contribution in [0.5, 0.6) is 0 Å². The molecular formula is C11H16N2O2S. The predicted octanol–water partition coefficient (Wildman–Crippen LogP) is 2.93. The van der Waals surface area contributed by atoms with E-state index in [0.717, 1.165) is 17.3 Å². The second-order valence-corrected chi connectivity index (χ2v) is 5.64. The molecule has 1 heterocycles. The molecule has 16 heavy (non-hydrogen) atoms. The lowest BCUT2D eigenvalue weighted by Gasteiger charge is -2.10. The summed E-state index contributed by atoms with van der Waals surface area (Å²) in [6.45, 7) is 3.04. The number of nitrogens with zero attached hydrogens (tertiary/aromatic N) is 1. The molecule has 0 aliphatic heterocycles. The Bertz CT molecular complexity index is 378. The first-order valence-electron chi connectivity index (χ1n) is 5.61. The van der Waals surface area contributed by atoms with Crippen LogP contribution in [0.2, 0.25) is 0 Å². The molecule has 88 valence electrons. The molecule has 0 saturated heterocycles. The van der Waals surface area contributed by atoms with Crippen molar-refractivity contribution in [3.05, 3.63) is 27.1 Å². The third kappa shape index (κ3) is 2.80. The lowest BCUT2D eigenvalue weighted by atomic mass is 10.1. The van der Waals surface area contributed by atoms with E-state index in [-0.39, 0.29) is 9.92 Å². The Balaban J connectivity index is 1.83. The maximum Gasteiger partial charge on any atom is 0.324 e. The molecule has 1 aromatic heterocycles. The quantitative estimate of drug-likeness (QED) is 0.650. The predicted molar refractivity (Wildman–Crippen MR) is 64.6 cm³/mol. The van der Waals surface area contributed by atoms with Crippen LogP contribution < -0.4 is 5.32 Å². The van der Waals surface area contributed by atoms with Crippen LogP contribution in [0.15, 0.2) is 12.1 Å². The fraction of sp³-hybridized carbons (Fsp3) is 0.636. The van der Waals surface area contributed by atoms with Crippen molar-refractivity contribution < 1.29 is 4.92 Å². The minimum atomic E-state index is -0.328. The van der Waals surface area contributed by atoms with Crippen molar-refractivity contribution in [2.45, 2.75) is 38.8 Å². The molecule has 2 rings (SSSR count). The molecule has 0 spiro atoms. The second kappa shape index (κ2) is 4.93. The van der Waals surface area contributed by atoms with Crippen LogP contribution in [0.4, 0.5) is 5.00 Å². The standard InChI is InChI=1S/C11H16N2O2S/c1-8-2-3-9(6-8)12-7-10-4-5-11(16-10)13(14)15/h4-5,8-9,12H,2-3,6-7H2,1H3. The van der Waals surface area contributed by atoms with Gasteiger partial charge in [-0.3, -0.25) is 10.1 Å². The van der Waals surface area contributed by atoms with E-state index in [2.05, 4.69) is 12.2 Å². The van der Waals surface area contributed by atoms with Gasteiger partial charge in [0.05, 0.1) is 4.92 Å². The molecule has 1 aliphatic carbocycles. The Morgan fingerprint density at radius 2 is 2.38 bits per heavy atom. The number of rotatable bonds is 4. The Morgan fingerprint density at radius 1 is 1.56 bits per heavy atom. The van der Waals surface area contributed by atoms with Crippen molar-refractivity contribution in [3.63, 3.8) is 0 Å². The minimum absolute atomic E-state index is 0.233. The maximum atomic E-state index is 10.5. The van der Waals surface area contributed by atoms with Crippen LogP contribution in [-0.4, -0.2) is 11.0 Å². The summed E-state index contributed by atoms with van der Waals surface area (Å²) in [5.74, 6) is 0.815. The molecule has 0 amide bonds. The van der Waals surface area contributed by atoms with E-state index in [0.29, 0.717) is 6.04 Å². The zero-order valence-corrected chi connectivity index (χ0v) is 10.1. The highest BCUT2D eigenvalue weighted by molar-refractivity contribution is 7.15. The first-order chi connectivity index (χ1) is 7.65. The Kier molecular flexibility index (Phi) is 3.56. The summed E-state index contributed by atoms with van der Waals surface area (Å²) in [5.41, 5.74) is 0.